The number of hydrogen-bond donors (Lipinski definition) is 0. The molecule has 7 nitrogen and oxygen atoms in total. The second kappa shape index (κ2) is 6.82. The van der Waals surface area contributed by atoms with E-state index in [9.17, 15) is 9.59 Å². The van der Waals surface area contributed by atoms with Gasteiger partial charge in [0, 0.05) is 49.8 Å². The Morgan fingerprint density at radius 3 is 2.61 bits per heavy atom. The van der Waals surface area contributed by atoms with Crippen molar-refractivity contribution in [3.05, 3.63) is 40.4 Å². The number of nitrogens with zero attached hydrogens (tertiary/aromatic N) is 3. The lowest BCUT2D eigenvalue weighted by atomic mass is 10.0. The Balaban J connectivity index is 1.94. The van der Waals surface area contributed by atoms with E-state index in [1.807, 2.05) is 19.2 Å². The smallest absolute Gasteiger partial charge is 0.292 e. The minimum absolute atomic E-state index is 0.0961. The molecule has 1 fully saturated rings. The largest absolute Gasteiger partial charge is 0.493 e. The van der Waals surface area contributed by atoms with Crippen molar-refractivity contribution >= 4 is 16.7 Å². The maximum Gasteiger partial charge on any atom is 0.292 e. The summed E-state index contributed by atoms with van der Waals surface area (Å²) in [5.41, 5.74) is 2.63. The molecule has 0 spiro atoms. The van der Waals surface area contributed by atoms with Crippen LogP contribution in [0.4, 0.5) is 0 Å². The lowest BCUT2D eigenvalue weighted by Gasteiger charge is -2.14. The second-order valence-corrected chi connectivity index (χ2v) is 7.36. The quantitative estimate of drug-likeness (QED) is 0.614. The van der Waals surface area contributed by atoms with Gasteiger partial charge in [-0.25, -0.2) is 0 Å². The number of Topliss-reactive ketones (excluding diaryl/α,β-unsaturated/α-hetero) is 1. The number of aromatic nitrogens is 3. The molecule has 0 saturated heterocycles. The van der Waals surface area contributed by atoms with Crippen molar-refractivity contribution in [2.24, 2.45) is 20.0 Å². The van der Waals surface area contributed by atoms with Crippen molar-refractivity contribution in [1.29, 1.82) is 0 Å². The number of fused-ring (bicyclic) bond motifs is 1. The van der Waals surface area contributed by atoms with E-state index in [1.54, 1.807) is 24.0 Å². The SMILES string of the molecule is COc1cc(-c2cc3c(C(C)=O)nn(C)c3cc2OCC2CC2)cn(C)c1=O. The van der Waals surface area contributed by atoms with Crippen LogP contribution in [0.1, 0.15) is 30.3 Å². The summed E-state index contributed by atoms with van der Waals surface area (Å²) in [6, 6.07) is 5.54. The molecule has 1 aromatic carbocycles. The first-order valence-corrected chi connectivity index (χ1v) is 9.28. The number of rotatable bonds is 6. The number of ether oxygens (including phenoxy) is 2. The Kier molecular flexibility index (Phi) is 4.45. The van der Waals surface area contributed by atoms with Gasteiger partial charge in [0.2, 0.25) is 0 Å². The van der Waals surface area contributed by atoms with Crippen LogP contribution in [0.3, 0.4) is 0 Å². The summed E-state index contributed by atoms with van der Waals surface area (Å²) in [5.74, 6) is 1.46. The normalized spacial score (nSPS) is 13.7. The first-order valence-electron chi connectivity index (χ1n) is 9.28. The highest BCUT2D eigenvalue weighted by molar-refractivity contribution is 6.06. The first-order chi connectivity index (χ1) is 13.4. The van der Waals surface area contributed by atoms with Crippen LogP contribution in [0.5, 0.6) is 11.5 Å². The Morgan fingerprint density at radius 1 is 1.21 bits per heavy atom. The molecule has 4 rings (SSSR count). The lowest BCUT2D eigenvalue weighted by Crippen LogP contribution is -2.17. The molecule has 0 bridgehead atoms. The van der Waals surface area contributed by atoms with Crippen molar-refractivity contribution in [1.82, 2.24) is 14.3 Å². The Morgan fingerprint density at radius 2 is 1.96 bits per heavy atom. The minimum atomic E-state index is -0.210. The molecular formula is C21H23N3O4. The van der Waals surface area contributed by atoms with Gasteiger partial charge in [-0.05, 0) is 30.9 Å². The molecule has 0 radical (unpaired) electrons. The molecule has 0 aliphatic heterocycles. The van der Waals surface area contributed by atoms with Crippen LogP contribution in [0.15, 0.2) is 29.2 Å². The third kappa shape index (κ3) is 3.17. The van der Waals surface area contributed by atoms with Gasteiger partial charge in [0.25, 0.3) is 5.56 Å². The van der Waals surface area contributed by atoms with E-state index >= 15 is 0 Å². The average Bonchev–Trinajstić information content (AvgIpc) is 3.44. The zero-order valence-corrected chi connectivity index (χ0v) is 16.5. The van der Waals surface area contributed by atoms with Crippen molar-refractivity contribution in [2.45, 2.75) is 19.8 Å². The van der Waals surface area contributed by atoms with Crippen LogP contribution in [0, 0.1) is 5.92 Å². The maximum atomic E-state index is 12.2. The van der Waals surface area contributed by atoms with Gasteiger partial charge < -0.3 is 14.0 Å². The van der Waals surface area contributed by atoms with E-state index in [1.165, 1.54) is 31.4 Å². The summed E-state index contributed by atoms with van der Waals surface area (Å²) in [5, 5.41) is 5.13. The predicted molar refractivity (Wildman–Crippen MR) is 106 cm³/mol. The summed E-state index contributed by atoms with van der Waals surface area (Å²) < 4.78 is 14.6. The highest BCUT2D eigenvalue weighted by Gasteiger charge is 2.24. The maximum absolute atomic E-state index is 12.2. The Hall–Kier alpha value is -3.09. The average molecular weight is 381 g/mol. The molecule has 3 aromatic rings. The monoisotopic (exact) mass is 381 g/mol. The standard InChI is InChI=1S/C21H23N3O4/c1-12(25)20-16-8-15(14-7-19(27-4)21(26)23(2)10-14)18(28-11-13-5-6-13)9-17(16)24(3)22-20/h7-10,13H,5-6,11H2,1-4H3. The predicted octanol–water partition coefficient (Wildman–Crippen LogP) is 2.94. The third-order valence-electron chi connectivity index (χ3n) is 5.14. The molecule has 0 amide bonds. The lowest BCUT2D eigenvalue weighted by molar-refractivity contribution is 0.101. The number of carbonyl (C=O) groups excluding carboxylic acids is 1. The van der Waals surface area contributed by atoms with E-state index in [0.29, 0.717) is 24.0 Å². The summed E-state index contributed by atoms with van der Waals surface area (Å²) >= 11 is 0. The third-order valence-corrected chi connectivity index (χ3v) is 5.14. The van der Waals surface area contributed by atoms with Crippen molar-refractivity contribution < 1.29 is 14.3 Å². The molecule has 0 atom stereocenters. The van der Waals surface area contributed by atoms with Crippen LogP contribution >= 0.6 is 0 Å². The molecule has 1 saturated carbocycles. The molecule has 28 heavy (non-hydrogen) atoms. The van der Waals surface area contributed by atoms with Gasteiger partial charge in [0.15, 0.2) is 11.5 Å². The van der Waals surface area contributed by atoms with Crippen LogP contribution in [0.25, 0.3) is 22.0 Å². The summed E-state index contributed by atoms with van der Waals surface area (Å²) in [6.07, 6.45) is 4.12. The van der Waals surface area contributed by atoms with Gasteiger partial charge >= 0.3 is 0 Å². The van der Waals surface area contributed by atoms with E-state index in [4.69, 9.17) is 9.47 Å². The Labute approximate surface area is 162 Å². The number of hydrogen-bond acceptors (Lipinski definition) is 5. The highest BCUT2D eigenvalue weighted by Crippen LogP contribution is 2.38. The fourth-order valence-electron chi connectivity index (χ4n) is 3.36. The molecule has 146 valence electrons. The topological polar surface area (TPSA) is 75.3 Å². The molecule has 2 aromatic heterocycles. The van der Waals surface area contributed by atoms with Gasteiger partial charge in [-0.15, -0.1) is 0 Å². The van der Waals surface area contributed by atoms with E-state index < -0.39 is 0 Å². The number of pyridine rings is 1. The number of methoxy groups -OCH3 is 1. The molecule has 0 N–H and O–H groups in total. The number of ketones is 1. The molecular weight excluding hydrogens is 358 g/mol. The highest BCUT2D eigenvalue weighted by atomic mass is 16.5. The van der Waals surface area contributed by atoms with Gasteiger partial charge in [-0.3, -0.25) is 14.3 Å². The van der Waals surface area contributed by atoms with Crippen molar-refractivity contribution in [3.8, 4) is 22.6 Å². The molecule has 7 heteroatoms. The molecule has 2 heterocycles. The molecule has 1 aliphatic rings. The second-order valence-electron chi connectivity index (χ2n) is 7.36. The van der Waals surface area contributed by atoms with Gasteiger partial charge in [-0.2, -0.15) is 5.10 Å². The molecule has 1 aliphatic carbocycles. The molecule has 0 unspecified atom stereocenters. The fourth-order valence-corrected chi connectivity index (χ4v) is 3.36. The van der Waals surface area contributed by atoms with Gasteiger partial charge in [0.1, 0.15) is 11.4 Å². The van der Waals surface area contributed by atoms with Gasteiger partial charge in [-0.1, -0.05) is 0 Å². The van der Waals surface area contributed by atoms with E-state index in [2.05, 4.69) is 5.10 Å². The van der Waals surface area contributed by atoms with Crippen LogP contribution in [0.2, 0.25) is 0 Å². The first kappa shape index (κ1) is 18.3. The summed E-state index contributed by atoms with van der Waals surface area (Å²) in [6.45, 7) is 2.16. The summed E-state index contributed by atoms with van der Waals surface area (Å²) in [4.78, 5) is 24.3. The van der Waals surface area contributed by atoms with E-state index in [-0.39, 0.29) is 17.1 Å². The van der Waals surface area contributed by atoms with Crippen LogP contribution < -0.4 is 15.0 Å². The van der Waals surface area contributed by atoms with Crippen molar-refractivity contribution in [3.63, 3.8) is 0 Å². The number of aryl methyl sites for hydroxylation is 2. The minimum Gasteiger partial charge on any atom is -0.493 e. The zero-order chi connectivity index (χ0) is 20.0. The van der Waals surface area contributed by atoms with Crippen LogP contribution in [-0.2, 0) is 14.1 Å². The van der Waals surface area contributed by atoms with Crippen molar-refractivity contribution in [2.75, 3.05) is 13.7 Å². The Bertz CT molecular complexity index is 1140. The number of carbonyl (C=O) groups is 1. The number of benzene rings is 1. The zero-order valence-electron chi connectivity index (χ0n) is 16.5. The van der Waals surface area contributed by atoms with E-state index in [0.717, 1.165) is 22.0 Å². The van der Waals surface area contributed by atoms with Crippen LogP contribution in [-0.4, -0.2) is 33.8 Å². The van der Waals surface area contributed by atoms with Gasteiger partial charge in [0.05, 0.1) is 19.2 Å². The summed E-state index contributed by atoms with van der Waals surface area (Å²) in [7, 11) is 4.97. The fraction of sp³-hybridized carbons (Fsp3) is 0.381.